The van der Waals surface area contributed by atoms with Gasteiger partial charge in [0.1, 0.15) is 0 Å². The molecule has 1 amide bonds. The van der Waals surface area contributed by atoms with Gasteiger partial charge in [0.25, 0.3) is 0 Å². The third kappa shape index (κ3) is 4.09. The Morgan fingerprint density at radius 3 is 2.70 bits per heavy atom. The van der Waals surface area contributed by atoms with Crippen LogP contribution in [0.5, 0.6) is 0 Å². The van der Waals surface area contributed by atoms with Crippen LogP contribution >= 0.6 is 0 Å². The lowest BCUT2D eigenvalue weighted by atomic mass is 9.91. The van der Waals surface area contributed by atoms with Crippen molar-refractivity contribution in [2.45, 2.75) is 38.8 Å². The monoisotopic (exact) mass is 317 g/mol. The first-order valence-corrected chi connectivity index (χ1v) is 8.79. The minimum Gasteiger partial charge on any atom is -0.377 e. The smallest absolute Gasteiger partial charge is 0.228 e. The third-order valence-electron chi connectivity index (χ3n) is 5.00. The number of pyridine rings is 1. The van der Waals surface area contributed by atoms with E-state index in [2.05, 4.69) is 28.9 Å². The average molecular weight is 317 g/mol. The van der Waals surface area contributed by atoms with Gasteiger partial charge in [-0.25, -0.2) is 0 Å². The molecule has 2 aliphatic heterocycles. The van der Waals surface area contributed by atoms with Crippen LogP contribution in [0.2, 0.25) is 0 Å². The largest absolute Gasteiger partial charge is 0.377 e. The van der Waals surface area contributed by atoms with Gasteiger partial charge in [0.2, 0.25) is 5.91 Å². The summed E-state index contributed by atoms with van der Waals surface area (Å²) in [5, 5.41) is 0. The first kappa shape index (κ1) is 16.4. The molecular weight excluding hydrogens is 290 g/mol. The first-order chi connectivity index (χ1) is 11.3. The second-order valence-electron chi connectivity index (χ2n) is 6.52. The highest BCUT2D eigenvalue weighted by atomic mass is 16.5. The molecule has 0 aromatic carbocycles. The Hall–Kier alpha value is -1.46. The summed E-state index contributed by atoms with van der Waals surface area (Å²) in [6, 6.07) is 4.12. The average Bonchev–Trinajstić information content (AvgIpc) is 2.62. The summed E-state index contributed by atoms with van der Waals surface area (Å²) in [5.74, 6) is 0.376. The minimum absolute atomic E-state index is 0.0699. The van der Waals surface area contributed by atoms with Crippen molar-refractivity contribution >= 4 is 5.91 Å². The molecule has 1 aromatic heterocycles. The van der Waals surface area contributed by atoms with Crippen molar-refractivity contribution in [3.63, 3.8) is 0 Å². The summed E-state index contributed by atoms with van der Waals surface area (Å²) in [4.78, 5) is 21.3. The van der Waals surface area contributed by atoms with Crippen LogP contribution in [0, 0.1) is 5.92 Å². The van der Waals surface area contributed by atoms with Crippen LogP contribution in [-0.2, 0) is 16.1 Å². The van der Waals surface area contributed by atoms with Gasteiger partial charge in [-0.1, -0.05) is 6.92 Å². The summed E-state index contributed by atoms with van der Waals surface area (Å²) >= 11 is 0. The molecule has 23 heavy (non-hydrogen) atoms. The Morgan fingerprint density at radius 2 is 2.00 bits per heavy atom. The molecule has 0 unspecified atom stereocenters. The molecule has 3 heterocycles. The van der Waals surface area contributed by atoms with E-state index in [4.69, 9.17) is 4.74 Å². The van der Waals surface area contributed by atoms with Gasteiger partial charge in [0.15, 0.2) is 0 Å². The molecule has 2 atom stereocenters. The van der Waals surface area contributed by atoms with E-state index in [1.54, 1.807) is 0 Å². The first-order valence-electron chi connectivity index (χ1n) is 8.79. The minimum atomic E-state index is 0.0699. The number of amides is 1. The predicted octanol–water partition coefficient (Wildman–Crippen LogP) is 1.93. The van der Waals surface area contributed by atoms with Crippen LogP contribution < -0.4 is 0 Å². The molecule has 0 bridgehead atoms. The highest BCUT2D eigenvalue weighted by Gasteiger charge is 2.34. The fourth-order valence-electron chi connectivity index (χ4n) is 3.63. The lowest BCUT2D eigenvalue weighted by molar-refractivity contribution is -0.147. The highest BCUT2D eigenvalue weighted by Crippen LogP contribution is 2.25. The lowest BCUT2D eigenvalue weighted by Crippen LogP contribution is -2.52. The van der Waals surface area contributed by atoms with Gasteiger partial charge >= 0.3 is 0 Å². The van der Waals surface area contributed by atoms with Gasteiger partial charge < -0.3 is 9.64 Å². The number of hydrogen-bond donors (Lipinski definition) is 0. The standard InChI is InChI=1S/C18H27N3O2/c1-2-17-16(4-3-13-23-17)18(22)21-11-9-20(10-12-21)14-15-5-7-19-8-6-15/h5-8,16-17H,2-4,9-14H2,1H3/t16-,17+/m1/s1. The molecule has 0 spiro atoms. The molecular formula is C18H27N3O2. The Balaban J connectivity index is 1.51. The van der Waals surface area contributed by atoms with Gasteiger partial charge in [-0.3, -0.25) is 14.7 Å². The van der Waals surface area contributed by atoms with Crippen LogP contribution in [0.4, 0.5) is 0 Å². The molecule has 2 aliphatic rings. The van der Waals surface area contributed by atoms with Crippen LogP contribution in [0.3, 0.4) is 0 Å². The second-order valence-corrected chi connectivity index (χ2v) is 6.52. The van der Waals surface area contributed by atoms with E-state index in [0.717, 1.165) is 58.6 Å². The normalized spacial score (nSPS) is 26.2. The van der Waals surface area contributed by atoms with E-state index >= 15 is 0 Å². The number of ether oxygens (including phenoxy) is 1. The molecule has 2 fully saturated rings. The van der Waals surface area contributed by atoms with E-state index in [1.165, 1.54) is 5.56 Å². The Labute approximate surface area is 138 Å². The van der Waals surface area contributed by atoms with Gasteiger partial charge in [-0.05, 0) is 37.0 Å². The fraction of sp³-hybridized carbons (Fsp3) is 0.667. The quantitative estimate of drug-likeness (QED) is 0.851. The molecule has 126 valence electrons. The fourth-order valence-corrected chi connectivity index (χ4v) is 3.63. The van der Waals surface area contributed by atoms with Gasteiger partial charge in [0.05, 0.1) is 12.0 Å². The SMILES string of the molecule is CC[C@@H]1OCCC[C@H]1C(=O)N1CCN(Cc2ccncc2)CC1. The molecule has 0 saturated carbocycles. The predicted molar refractivity (Wildman–Crippen MR) is 88.8 cm³/mol. The van der Waals surface area contributed by atoms with E-state index in [9.17, 15) is 4.79 Å². The highest BCUT2D eigenvalue weighted by molar-refractivity contribution is 5.79. The van der Waals surface area contributed by atoms with Crippen LogP contribution in [0.25, 0.3) is 0 Å². The molecule has 5 heteroatoms. The number of aromatic nitrogens is 1. The van der Waals surface area contributed by atoms with Crippen molar-refractivity contribution in [2.24, 2.45) is 5.92 Å². The number of hydrogen-bond acceptors (Lipinski definition) is 4. The Kier molecular flexibility index (Phi) is 5.62. The number of nitrogens with zero attached hydrogens (tertiary/aromatic N) is 3. The number of rotatable bonds is 4. The van der Waals surface area contributed by atoms with Crippen LogP contribution in [-0.4, -0.2) is 59.6 Å². The topological polar surface area (TPSA) is 45.7 Å². The van der Waals surface area contributed by atoms with Crippen molar-refractivity contribution < 1.29 is 9.53 Å². The molecule has 1 aromatic rings. The zero-order chi connectivity index (χ0) is 16.1. The maximum atomic E-state index is 12.8. The Morgan fingerprint density at radius 1 is 1.26 bits per heavy atom. The lowest BCUT2D eigenvalue weighted by Gasteiger charge is -2.39. The number of carbonyl (C=O) groups excluding carboxylic acids is 1. The summed E-state index contributed by atoms with van der Waals surface area (Å²) in [6.07, 6.45) is 6.71. The molecule has 0 radical (unpaired) electrons. The summed E-state index contributed by atoms with van der Waals surface area (Å²) in [6.45, 7) is 7.41. The number of piperazine rings is 1. The summed E-state index contributed by atoms with van der Waals surface area (Å²) in [5.41, 5.74) is 1.28. The van der Waals surface area contributed by atoms with Gasteiger partial charge in [-0.15, -0.1) is 0 Å². The maximum Gasteiger partial charge on any atom is 0.228 e. The van der Waals surface area contributed by atoms with Gasteiger partial charge in [0, 0.05) is 51.7 Å². The molecule has 0 aliphatic carbocycles. The van der Waals surface area contributed by atoms with E-state index < -0.39 is 0 Å². The van der Waals surface area contributed by atoms with Crippen molar-refractivity contribution in [2.75, 3.05) is 32.8 Å². The van der Waals surface area contributed by atoms with E-state index in [-0.39, 0.29) is 12.0 Å². The maximum absolute atomic E-state index is 12.8. The Bertz CT molecular complexity index is 500. The zero-order valence-electron chi connectivity index (χ0n) is 14.0. The van der Waals surface area contributed by atoms with Crippen molar-refractivity contribution in [1.29, 1.82) is 0 Å². The zero-order valence-corrected chi connectivity index (χ0v) is 14.0. The molecule has 2 saturated heterocycles. The second kappa shape index (κ2) is 7.88. The number of carbonyl (C=O) groups is 1. The van der Waals surface area contributed by atoms with Crippen molar-refractivity contribution in [1.82, 2.24) is 14.8 Å². The molecule has 3 rings (SSSR count). The van der Waals surface area contributed by atoms with E-state index in [0.29, 0.717) is 5.91 Å². The van der Waals surface area contributed by atoms with E-state index in [1.807, 2.05) is 17.3 Å². The van der Waals surface area contributed by atoms with Crippen molar-refractivity contribution in [3.05, 3.63) is 30.1 Å². The molecule has 5 nitrogen and oxygen atoms in total. The molecule has 0 N–H and O–H groups in total. The van der Waals surface area contributed by atoms with Crippen LogP contribution in [0.1, 0.15) is 31.7 Å². The summed E-state index contributed by atoms with van der Waals surface area (Å²) in [7, 11) is 0. The van der Waals surface area contributed by atoms with Gasteiger partial charge in [-0.2, -0.15) is 0 Å². The van der Waals surface area contributed by atoms with Crippen molar-refractivity contribution in [3.8, 4) is 0 Å². The summed E-state index contributed by atoms with van der Waals surface area (Å²) < 4.78 is 5.79. The van der Waals surface area contributed by atoms with Crippen LogP contribution in [0.15, 0.2) is 24.5 Å². The third-order valence-corrected chi connectivity index (χ3v) is 5.00.